The second-order valence-electron chi connectivity index (χ2n) is 3.93. The van der Waals surface area contributed by atoms with Gasteiger partial charge in [0, 0.05) is 23.2 Å². The molecular formula is C15H12ClNO4. The van der Waals surface area contributed by atoms with Gasteiger partial charge in [-0.2, -0.15) is 0 Å². The highest BCUT2D eigenvalue weighted by Crippen LogP contribution is 2.23. The van der Waals surface area contributed by atoms with Crippen LogP contribution in [-0.2, 0) is 9.59 Å². The first-order valence-corrected chi connectivity index (χ1v) is 6.08. The Bertz CT molecular complexity index is 941. The zero-order valence-electron chi connectivity index (χ0n) is 16.5. The van der Waals surface area contributed by atoms with E-state index in [1.54, 1.807) is 0 Å². The Morgan fingerprint density at radius 3 is 2.81 bits per heavy atom. The number of nitrogens with zero attached hydrogens (tertiary/aromatic N) is 1. The quantitative estimate of drug-likeness (QED) is 0.661. The van der Waals surface area contributed by atoms with Crippen LogP contribution in [0, 0.1) is 0 Å². The molecule has 108 valence electrons. The number of hydrogen-bond acceptors (Lipinski definition) is 4. The Morgan fingerprint density at radius 1 is 1.33 bits per heavy atom. The molecule has 2 rings (SSSR count). The van der Waals surface area contributed by atoms with Crippen LogP contribution < -0.4 is 0 Å². The van der Waals surface area contributed by atoms with Crippen molar-refractivity contribution >= 4 is 35.1 Å². The van der Waals surface area contributed by atoms with Crippen molar-refractivity contribution in [3.05, 3.63) is 52.3 Å². The Kier molecular flexibility index (Phi) is 2.67. The van der Waals surface area contributed by atoms with Gasteiger partial charge < -0.3 is 10.2 Å². The Hall–Kier alpha value is -2.40. The lowest BCUT2D eigenvalue weighted by Crippen LogP contribution is -2.08. The highest BCUT2D eigenvalue weighted by atomic mass is 35.5. The number of allylic oxidation sites excluding steroid dienone is 3. The van der Waals surface area contributed by atoms with Crippen molar-refractivity contribution in [1.29, 1.82) is 0 Å². The Morgan fingerprint density at radius 2 is 2.10 bits per heavy atom. The van der Waals surface area contributed by atoms with Crippen LogP contribution >= 0.6 is 11.6 Å². The number of aliphatic carboxylic acids is 1. The molecule has 1 aromatic rings. The van der Waals surface area contributed by atoms with Gasteiger partial charge in [0.15, 0.2) is 0 Å². The van der Waals surface area contributed by atoms with E-state index < -0.39 is 88.6 Å². The summed E-state index contributed by atoms with van der Waals surface area (Å²) in [4.78, 5) is 26.5. The lowest BCUT2D eigenvalue weighted by molar-refractivity contribution is -0.137. The summed E-state index contributed by atoms with van der Waals surface area (Å²) >= 11 is 5.81. The smallest absolute Gasteiger partial charge is 0.303 e. The second-order valence-corrected chi connectivity index (χ2v) is 4.31. The molecule has 2 N–H and O–H groups in total. The molecule has 0 saturated heterocycles. The summed E-state index contributed by atoms with van der Waals surface area (Å²) in [5.41, 5.74) is -1.65. The predicted molar refractivity (Wildman–Crippen MR) is 79.5 cm³/mol. The average molecular weight is 312 g/mol. The average Bonchev–Trinajstić information content (AvgIpc) is 2.62. The molecule has 0 bridgehead atoms. The fourth-order valence-corrected chi connectivity index (χ4v) is 1.61. The number of aliphatic hydroxyl groups excluding tert-OH is 1. The van der Waals surface area contributed by atoms with E-state index in [0.29, 0.717) is 0 Å². The number of carbonyl (C=O) groups is 2. The highest BCUT2D eigenvalue weighted by molar-refractivity contribution is 6.31. The summed E-state index contributed by atoms with van der Waals surface area (Å²) in [6, 6.07) is -3.33. The van der Waals surface area contributed by atoms with E-state index in [0.717, 1.165) is 0 Å². The maximum Gasteiger partial charge on any atom is 0.303 e. The summed E-state index contributed by atoms with van der Waals surface area (Å²) in [6.07, 6.45) is -1.66. The van der Waals surface area contributed by atoms with Crippen LogP contribution in [-0.4, -0.2) is 28.2 Å². The number of dihydropyridines is 1. The molecule has 6 heteroatoms. The van der Waals surface area contributed by atoms with Crippen molar-refractivity contribution in [2.45, 2.75) is 12.8 Å². The number of carboxylic acids is 1. The zero-order chi connectivity index (χ0) is 20.6. The molecule has 1 heterocycles. The molecule has 1 aromatic carbocycles. The van der Waals surface area contributed by atoms with E-state index in [1.807, 2.05) is 0 Å². The van der Waals surface area contributed by atoms with E-state index in [1.165, 1.54) is 0 Å². The number of hydrogen-bond donors (Lipinski definition) is 2. The van der Waals surface area contributed by atoms with Crippen LogP contribution in [0.2, 0.25) is 5.02 Å². The molecule has 0 aliphatic carbocycles. The molecular weight excluding hydrogens is 294 g/mol. The summed E-state index contributed by atoms with van der Waals surface area (Å²) < 4.78 is 47.1. The number of benzene rings is 1. The molecule has 0 aromatic heterocycles. The normalized spacial score (nSPS) is 21.6. The molecule has 0 amide bonds. The van der Waals surface area contributed by atoms with E-state index in [4.69, 9.17) is 24.9 Å². The van der Waals surface area contributed by atoms with Crippen molar-refractivity contribution in [2.75, 3.05) is 0 Å². The van der Waals surface area contributed by atoms with Crippen LogP contribution in [0.4, 0.5) is 0 Å². The minimum absolute atomic E-state index is 0.431. The molecule has 1 aliphatic rings. The minimum Gasteiger partial charge on any atom is -0.510 e. The van der Waals surface area contributed by atoms with E-state index in [9.17, 15) is 14.7 Å². The molecule has 0 spiro atoms. The summed E-state index contributed by atoms with van der Waals surface area (Å²) in [5.74, 6) is -3.05. The highest BCUT2D eigenvalue weighted by Gasteiger charge is 2.18. The molecule has 0 unspecified atom stereocenters. The maximum absolute atomic E-state index is 12.4. The first-order valence-electron chi connectivity index (χ1n) is 8.70. The molecule has 0 fully saturated rings. The minimum atomic E-state index is -1.23. The van der Waals surface area contributed by atoms with Crippen LogP contribution in [0.5, 0.6) is 0 Å². The Labute approximate surface area is 134 Å². The van der Waals surface area contributed by atoms with Crippen molar-refractivity contribution in [3.8, 4) is 0 Å². The standard InChI is InChI=1S/C15H12ClNO4/c16-11-3-1-2-9(6-11)10-7-13(19)15(17-8-10)12(18)4-5-14(20)21/h1-3,6-8,18H,4-5H2,(H,20,21)/i1D,2D,3D,6D,7D,8D. The number of ketones is 1. The van der Waals surface area contributed by atoms with Gasteiger partial charge in [0.05, 0.1) is 14.6 Å². The van der Waals surface area contributed by atoms with Gasteiger partial charge in [-0.1, -0.05) is 23.7 Å². The van der Waals surface area contributed by atoms with Gasteiger partial charge in [-0.05, 0) is 23.7 Å². The van der Waals surface area contributed by atoms with Gasteiger partial charge in [0.1, 0.15) is 11.5 Å². The Balaban J connectivity index is 2.67. The molecule has 21 heavy (non-hydrogen) atoms. The molecule has 0 atom stereocenters. The molecule has 1 aliphatic heterocycles. The third-order valence-electron chi connectivity index (χ3n) is 2.43. The SMILES string of the molecule is [2H]C1=NC(=C(O)CCC(=O)O)C(=O)C([2H])=C1c1c([2H])c([2H])c([2H])c(Cl)c1[2H]. The van der Waals surface area contributed by atoms with Gasteiger partial charge in [-0.3, -0.25) is 9.59 Å². The molecule has 0 saturated carbocycles. The van der Waals surface area contributed by atoms with Crippen molar-refractivity contribution < 1.29 is 28.0 Å². The number of aliphatic hydroxyl groups is 1. The predicted octanol–water partition coefficient (Wildman–Crippen LogP) is 3.01. The first kappa shape index (κ1) is 8.79. The van der Waals surface area contributed by atoms with Crippen molar-refractivity contribution in [2.24, 2.45) is 4.99 Å². The number of carbonyl (C=O) groups excluding carboxylic acids is 1. The van der Waals surface area contributed by atoms with Crippen LogP contribution in [0.3, 0.4) is 0 Å². The van der Waals surface area contributed by atoms with E-state index in [-0.39, 0.29) is 0 Å². The van der Waals surface area contributed by atoms with Crippen LogP contribution in [0.25, 0.3) is 5.57 Å². The largest absolute Gasteiger partial charge is 0.510 e. The van der Waals surface area contributed by atoms with Gasteiger partial charge in [-0.25, -0.2) is 4.99 Å². The van der Waals surface area contributed by atoms with Gasteiger partial charge >= 0.3 is 5.97 Å². The summed E-state index contributed by atoms with van der Waals surface area (Å²) in [7, 11) is 0. The zero-order valence-corrected chi connectivity index (χ0v) is 11.2. The van der Waals surface area contributed by atoms with Crippen molar-refractivity contribution in [1.82, 2.24) is 0 Å². The number of carboxylic acid groups (broad SMARTS) is 1. The van der Waals surface area contributed by atoms with Gasteiger partial charge in [0.2, 0.25) is 5.78 Å². The maximum atomic E-state index is 12.4. The fraction of sp³-hybridized carbons (Fsp3) is 0.133. The summed E-state index contributed by atoms with van der Waals surface area (Å²) in [5, 5.41) is 18.0. The van der Waals surface area contributed by atoms with Gasteiger partial charge in [0.25, 0.3) is 0 Å². The monoisotopic (exact) mass is 311 g/mol. The number of rotatable bonds is 4. The third-order valence-corrected chi connectivity index (χ3v) is 2.62. The fourth-order valence-electron chi connectivity index (χ4n) is 1.47. The van der Waals surface area contributed by atoms with E-state index >= 15 is 0 Å². The third kappa shape index (κ3) is 3.79. The van der Waals surface area contributed by atoms with Crippen molar-refractivity contribution in [3.63, 3.8) is 0 Å². The number of aliphatic imine (C=N–C) groups is 1. The summed E-state index contributed by atoms with van der Waals surface area (Å²) in [6.45, 7) is 0. The van der Waals surface area contributed by atoms with Crippen LogP contribution in [0.15, 0.2) is 46.7 Å². The second kappa shape index (κ2) is 6.37. The molecule has 0 radical (unpaired) electrons. The first-order chi connectivity index (χ1) is 12.5. The van der Waals surface area contributed by atoms with Crippen LogP contribution in [0.1, 0.15) is 26.6 Å². The van der Waals surface area contributed by atoms with Gasteiger partial charge in [-0.15, -0.1) is 0 Å². The lowest BCUT2D eigenvalue weighted by atomic mass is 10.0. The lowest BCUT2D eigenvalue weighted by Gasteiger charge is -2.10. The molecule has 5 nitrogen and oxygen atoms in total. The topological polar surface area (TPSA) is 87.0 Å². The number of halogens is 1. The van der Waals surface area contributed by atoms with E-state index in [2.05, 4.69) is 4.99 Å².